The van der Waals surface area contributed by atoms with E-state index in [9.17, 15) is 0 Å². The van der Waals surface area contributed by atoms with Gasteiger partial charge in [0.15, 0.2) is 0 Å². The Morgan fingerprint density at radius 2 is 1.92 bits per heavy atom. The maximum absolute atomic E-state index is 4.42. The lowest BCUT2D eigenvalue weighted by atomic mass is 10.0. The van der Waals surface area contributed by atoms with Crippen LogP contribution in [0.15, 0.2) is 71.7 Å². The van der Waals surface area contributed by atoms with Crippen molar-refractivity contribution >= 4 is 22.2 Å². The second kappa shape index (κ2) is 5.72. The van der Waals surface area contributed by atoms with Gasteiger partial charge in [-0.1, -0.05) is 12.1 Å². The van der Waals surface area contributed by atoms with Crippen molar-refractivity contribution < 1.29 is 0 Å². The predicted molar refractivity (Wildman–Crippen MR) is 102 cm³/mol. The summed E-state index contributed by atoms with van der Waals surface area (Å²) in [4.78, 5) is 7.65. The fraction of sp³-hybridized carbons (Fsp3) is 0. The molecule has 4 aromatic heterocycles. The van der Waals surface area contributed by atoms with Crippen molar-refractivity contribution in [3.8, 4) is 33.8 Å². The van der Waals surface area contributed by atoms with Gasteiger partial charge in [0.2, 0.25) is 0 Å². The van der Waals surface area contributed by atoms with Crippen molar-refractivity contribution in [2.75, 3.05) is 0 Å². The van der Waals surface area contributed by atoms with Crippen molar-refractivity contribution in [1.29, 1.82) is 0 Å². The summed E-state index contributed by atoms with van der Waals surface area (Å²) in [6, 6.07) is 16.7. The van der Waals surface area contributed by atoms with E-state index in [0.29, 0.717) is 0 Å². The van der Waals surface area contributed by atoms with Crippen LogP contribution in [0.5, 0.6) is 0 Å². The summed E-state index contributed by atoms with van der Waals surface area (Å²) in [5, 5.41) is 13.1. The van der Waals surface area contributed by atoms with Crippen molar-refractivity contribution in [1.82, 2.24) is 20.2 Å². The van der Waals surface area contributed by atoms with Crippen LogP contribution in [0, 0.1) is 0 Å². The van der Waals surface area contributed by atoms with Crippen molar-refractivity contribution in [2.45, 2.75) is 0 Å². The van der Waals surface area contributed by atoms with Gasteiger partial charge < -0.3 is 4.98 Å². The lowest BCUT2D eigenvalue weighted by molar-refractivity contribution is 1.09. The van der Waals surface area contributed by atoms with Crippen molar-refractivity contribution in [3.63, 3.8) is 0 Å². The number of hydrogen-bond acceptors (Lipinski definition) is 3. The SMILES string of the molecule is c1cncc(-c2cc(-c3cc4c(-c5ccsc5)cccc4[nH]3)[nH]n2)c1. The van der Waals surface area contributed by atoms with Gasteiger partial charge in [0.25, 0.3) is 0 Å². The number of fused-ring (bicyclic) bond motifs is 1. The molecule has 0 saturated heterocycles. The number of nitrogens with zero attached hydrogens (tertiary/aromatic N) is 2. The maximum atomic E-state index is 4.42. The van der Waals surface area contributed by atoms with Crippen LogP contribution in [0.4, 0.5) is 0 Å². The van der Waals surface area contributed by atoms with E-state index in [1.165, 1.54) is 16.5 Å². The largest absolute Gasteiger partial charge is 0.353 e. The van der Waals surface area contributed by atoms with Gasteiger partial charge >= 0.3 is 0 Å². The molecule has 5 aromatic rings. The number of thiophene rings is 1. The minimum atomic E-state index is 0.889. The third kappa shape index (κ3) is 2.45. The lowest BCUT2D eigenvalue weighted by Gasteiger charge is -1.99. The number of nitrogens with one attached hydrogen (secondary N) is 2. The molecule has 0 radical (unpaired) electrons. The predicted octanol–water partition coefficient (Wildman–Crippen LogP) is 5.35. The van der Waals surface area contributed by atoms with Crippen LogP contribution in [-0.4, -0.2) is 20.2 Å². The highest BCUT2D eigenvalue weighted by molar-refractivity contribution is 7.08. The summed E-state index contributed by atoms with van der Waals surface area (Å²) < 4.78 is 0. The van der Waals surface area contributed by atoms with E-state index < -0.39 is 0 Å². The molecule has 0 aliphatic heterocycles. The lowest BCUT2D eigenvalue weighted by Crippen LogP contribution is -1.78. The quantitative estimate of drug-likeness (QED) is 0.464. The van der Waals surface area contributed by atoms with Crippen LogP contribution in [-0.2, 0) is 0 Å². The first-order chi connectivity index (χ1) is 12.4. The molecule has 25 heavy (non-hydrogen) atoms. The number of rotatable bonds is 3. The van der Waals surface area contributed by atoms with Gasteiger partial charge in [-0.15, -0.1) is 0 Å². The summed E-state index contributed by atoms with van der Waals surface area (Å²) in [5.74, 6) is 0. The first-order valence-electron chi connectivity index (χ1n) is 7.99. The normalized spacial score (nSPS) is 11.2. The van der Waals surface area contributed by atoms with Crippen LogP contribution in [0.2, 0.25) is 0 Å². The number of H-pyrrole nitrogens is 2. The summed E-state index contributed by atoms with van der Waals surface area (Å²) in [5.41, 5.74) is 7.50. The molecule has 0 aliphatic carbocycles. The molecular weight excluding hydrogens is 328 g/mol. The molecular formula is C20H14N4S. The number of pyridine rings is 1. The standard InChI is InChI=1S/C20H14N4S/c1-4-15(14-6-8-25-12-14)16-9-19(22-17(16)5-1)20-10-18(23-24-20)13-3-2-7-21-11-13/h1-12,22H,(H,23,24). The van der Waals surface area contributed by atoms with E-state index in [2.05, 4.69) is 61.3 Å². The topological polar surface area (TPSA) is 57.4 Å². The average Bonchev–Trinajstić information content (AvgIpc) is 3.41. The highest BCUT2D eigenvalue weighted by atomic mass is 32.1. The van der Waals surface area contributed by atoms with Gasteiger partial charge in [0.05, 0.1) is 17.1 Å². The molecule has 0 unspecified atom stereocenters. The minimum absolute atomic E-state index is 0.889. The highest BCUT2D eigenvalue weighted by Crippen LogP contribution is 2.33. The fourth-order valence-corrected chi connectivity index (χ4v) is 3.75. The Hall–Kier alpha value is -3.18. The van der Waals surface area contributed by atoms with E-state index in [1.807, 2.05) is 24.4 Å². The van der Waals surface area contributed by atoms with Crippen LogP contribution >= 0.6 is 11.3 Å². The number of aromatic nitrogens is 4. The average molecular weight is 342 g/mol. The zero-order valence-electron chi connectivity index (χ0n) is 13.2. The minimum Gasteiger partial charge on any atom is -0.353 e. The number of aromatic amines is 2. The molecule has 0 saturated carbocycles. The van der Waals surface area contributed by atoms with Gasteiger partial charge in [-0.05, 0) is 58.3 Å². The van der Waals surface area contributed by atoms with Gasteiger partial charge in [-0.2, -0.15) is 16.4 Å². The molecule has 0 spiro atoms. The fourth-order valence-electron chi connectivity index (χ4n) is 3.09. The molecule has 0 amide bonds. The number of hydrogen-bond donors (Lipinski definition) is 2. The Bertz CT molecular complexity index is 1140. The molecule has 5 rings (SSSR count). The van der Waals surface area contributed by atoms with Crippen LogP contribution in [0.1, 0.15) is 0 Å². The van der Waals surface area contributed by atoms with E-state index in [1.54, 1.807) is 17.5 Å². The highest BCUT2D eigenvalue weighted by Gasteiger charge is 2.11. The molecule has 0 fully saturated rings. The summed E-state index contributed by atoms with van der Waals surface area (Å²) in [6.07, 6.45) is 3.58. The molecule has 120 valence electrons. The van der Waals surface area contributed by atoms with E-state index in [4.69, 9.17) is 0 Å². The Kier molecular flexibility index (Phi) is 3.24. The molecule has 1 aromatic carbocycles. The van der Waals surface area contributed by atoms with Gasteiger partial charge in [-0.25, -0.2) is 0 Å². The van der Waals surface area contributed by atoms with E-state index in [-0.39, 0.29) is 0 Å². The monoisotopic (exact) mass is 342 g/mol. The smallest absolute Gasteiger partial charge is 0.0943 e. The zero-order chi connectivity index (χ0) is 16.6. The summed E-state index contributed by atoms with van der Waals surface area (Å²) in [7, 11) is 0. The van der Waals surface area contributed by atoms with Crippen molar-refractivity contribution in [2.24, 2.45) is 0 Å². The van der Waals surface area contributed by atoms with Crippen LogP contribution in [0.3, 0.4) is 0 Å². The Balaban J connectivity index is 1.60. The van der Waals surface area contributed by atoms with E-state index >= 15 is 0 Å². The Morgan fingerprint density at radius 3 is 2.76 bits per heavy atom. The molecule has 0 bridgehead atoms. The second-order valence-corrected chi connectivity index (χ2v) is 6.65. The molecule has 5 heteroatoms. The molecule has 4 nitrogen and oxygen atoms in total. The molecule has 0 atom stereocenters. The summed E-state index contributed by atoms with van der Waals surface area (Å²) >= 11 is 1.71. The van der Waals surface area contributed by atoms with Gasteiger partial charge in [-0.3, -0.25) is 10.1 Å². The third-order valence-corrected chi connectivity index (χ3v) is 5.00. The van der Waals surface area contributed by atoms with Crippen molar-refractivity contribution in [3.05, 3.63) is 71.7 Å². The Morgan fingerprint density at radius 1 is 0.920 bits per heavy atom. The Labute approximate surface area is 148 Å². The first kappa shape index (κ1) is 14.2. The molecule has 2 N–H and O–H groups in total. The summed E-state index contributed by atoms with van der Waals surface area (Å²) in [6.45, 7) is 0. The second-order valence-electron chi connectivity index (χ2n) is 5.87. The number of benzene rings is 1. The molecule has 4 heterocycles. The molecule has 0 aliphatic rings. The van der Waals surface area contributed by atoms with Gasteiger partial charge in [0.1, 0.15) is 0 Å². The van der Waals surface area contributed by atoms with Gasteiger partial charge in [0, 0.05) is 28.9 Å². The van der Waals surface area contributed by atoms with Crippen LogP contribution in [0.25, 0.3) is 44.7 Å². The zero-order valence-corrected chi connectivity index (χ0v) is 14.0. The van der Waals surface area contributed by atoms with Crippen LogP contribution < -0.4 is 0 Å². The third-order valence-electron chi connectivity index (χ3n) is 4.32. The van der Waals surface area contributed by atoms with E-state index in [0.717, 1.165) is 28.2 Å². The first-order valence-corrected chi connectivity index (χ1v) is 8.93. The maximum Gasteiger partial charge on any atom is 0.0943 e.